The number of halogens is 3. The third-order valence-electron chi connectivity index (χ3n) is 1.86. The average molecular weight is 248 g/mol. The Balaban J connectivity index is 3.46. The van der Waals surface area contributed by atoms with Crippen LogP contribution in [0.4, 0.5) is 13.2 Å². The molecule has 0 amide bonds. The van der Waals surface area contributed by atoms with Gasteiger partial charge in [0.15, 0.2) is 17.4 Å². The Morgan fingerprint density at radius 1 is 1.29 bits per heavy atom. The Morgan fingerprint density at radius 3 is 2.35 bits per heavy atom. The van der Waals surface area contributed by atoms with Gasteiger partial charge in [0, 0.05) is 0 Å². The molecule has 0 atom stereocenters. The van der Waals surface area contributed by atoms with Crippen LogP contribution in [0.5, 0.6) is 5.75 Å². The molecule has 1 rings (SSSR count). The monoisotopic (exact) mass is 248 g/mol. The lowest BCUT2D eigenvalue weighted by molar-refractivity contribution is -0.131. The Hall–Kier alpha value is -2.18. The zero-order valence-electron chi connectivity index (χ0n) is 8.50. The number of carboxylic acid groups (broad SMARTS) is 1. The van der Waals surface area contributed by atoms with Gasteiger partial charge in [0.1, 0.15) is 5.76 Å². The molecule has 0 aliphatic carbocycles. The van der Waals surface area contributed by atoms with E-state index in [0.717, 1.165) is 7.11 Å². The number of ether oxygens (including phenoxy) is 1. The summed E-state index contributed by atoms with van der Waals surface area (Å²) in [5.74, 6) is -8.06. The molecule has 17 heavy (non-hydrogen) atoms. The fraction of sp³-hybridized carbons (Fsp3) is 0.100. The van der Waals surface area contributed by atoms with Crippen molar-refractivity contribution in [3.63, 3.8) is 0 Å². The highest BCUT2D eigenvalue weighted by molar-refractivity contribution is 5.88. The van der Waals surface area contributed by atoms with Crippen molar-refractivity contribution in [1.82, 2.24) is 0 Å². The normalized spacial score (nSPS) is 11.4. The maximum atomic E-state index is 13.5. The van der Waals surface area contributed by atoms with Gasteiger partial charge in [-0.3, -0.25) is 0 Å². The number of hydrogen-bond donors (Lipinski definition) is 2. The predicted octanol–water partition coefficient (Wildman–Crippen LogP) is 2.10. The minimum absolute atomic E-state index is 0.245. The molecule has 0 aliphatic rings. The molecule has 1 aromatic rings. The summed E-state index contributed by atoms with van der Waals surface area (Å²) in [6.07, 6.45) is 0.245. The van der Waals surface area contributed by atoms with E-state index in [1.807, 2.05) is 0 Å². The zero-order chi connectivity index (χ0) is 13.2. The molecule has 0 saturated carbocycles. The van der Waals surface area contributed by atoms with E-state index in [1.54, 1.807) is 0 Å². The van der Waals surface area contributed by atoms with Gasteiger partial charge in [-0.2, -0.15) is 4.39 Å². The van der Waals surface area contributed by atoms with Crippen molar-refractivity contribution < 1.29 is 32.9 Å². The van der Waals surface area contributed by atoms with E-state index in [1.165, 1.54) is 0 Å². The van der Waals surface area contributed by atoms with Crippen molar-refractivity contribution in [2.75, 3.05) is 7.11 Å². The van der Waals surface area contributed by atoms with Crippen LogP contribution < -0.4 is 4.74 Å². The molecule has 0 radical (unpaired) electrons. The van der Waals surface area contributed by atoms with Crippen LogP contribution in [0.3, 0.4) is 0 Å². The maximum Gasteiger partial charge on any atom is 0.332 e. The molecule has 2 N–H and O–H groups in total. The number of aliphatic carboxylic acids is 1. The van der Waals surface area contributed by atoms with Crippen LogP contribution in [0.1, 0.15) is 5.56 Å². The van der Waals surface area contributed by atoms with Crippen LogP contribution in [0.15, 0.2) is 12.1 Å². The first-order chi connectivity index (χ1) is 7.88. The van der Waals surface area contributed by atoms with Crippen molar-refractivity contribution in [3.05, 3.63) is 35.2 Å². The fourth-order valence-corrected chi connectivity index (χ4v) is 1.14. The zero-order valence-corrected chi connectivity index (χ0v) is 8.50. The molecule has 0 spiro atoms. The number of carboxylic acids is 1. The summed E-state index contributed by atoms with van der Waals surface area (Å²) in [6.45, 7) is 0. The summed E-state index contributed by atoms with van der Waals surface area (Å²) in [6, 6.07) is 0.335. The van der Waals surface area contributed by atoms with Gasteiger partial charge in [0.2, 0.25) is 5.82 Å². The van der Waals surface area contributed by atoms with Crippen LogP contribution in [0.25, 0.3) is 5.76 Å². The van der Waals surface area contributed by atoms with Crippen molar-refractivity contribution in [1.29, 1.82) is 0 Å². The Bertz CT molecular complexity index is 497. The molecule has 0 heterocycles. The number of methoxy groups -OCH3 is 1. The smallest absolute Gasteiger partial charge is 0.332 e. The largest absolute Gasteiger partial charge is 0.507 e. The fourth-order valence-electron chi connectivity index (χ4n) is 1.14. The van der Waals surface area contributed by atoms with E-state index < -0.39 is 40.5 Å². The summed E-state index contributed by atoms with van der Waals surface area (Å²) >= 11 is 0. The van der Waals surface area contributed by atoms with Crippen molar-refractivity contribution in [3.8, 4) is 5.75 Å². The number of carbonyl (C=O) groups is 1. The molecule has 1 aromatic carbocycles. The summed E-state index contributed by atoms with van der Waals surface area (Å²) in [5, 5.41) is 17.5. The predicted molar refractivity (Wildman–Crippen MR) is 51.1 cm³/mol. The molecule has 7 heteroatoms. The first-order valence-corrected chi connectivity index (χ1v) is 4.24. The van der Waals surface area contributed by atoms with Crippen LogP contribution >= 0.6 is 0 Å². The van der Waals surface area contributed by atoms with Crippen LogP contribution in [-0.2, 0) is 4.79 Å². The summed E-state index contributed by atoms with van der Waals surface area (Å²) < 4.78 is 43.8. The van der Waals surface area contributed by atoms with Crippen molar-refractivity contribution in [2.45, 2.75) is 0 Å². The summed E-state index contributed by atoms with van der Waals surface area (Å²) in [5.41, 5.74) is -0.803. The van der Waals surface area contributed by atoms with E-state index >= 15 is 0 Å². The SMILES string of the molecule is COc1c(F)c(F)cc(/C(O)=C\C(=O)O)c1F. The topological polar surface area (TPSA) is 66.8 Å². The Kier molecular flexibility index (Phi) is 3.62. The van der Waals surface area contributed by atoms with Gasteiger partial charge in [0.05, 0.1) is 18.7 Å². The Labute approximate surface area is 93.6 Å². The highest BCUT2D eigenvalue weighted by Gasteiger charge is 2.21. The third kappa shape index (κ3) is 2.49. The second kappa shape index (κ2) is 4.77. The average Bonchev–Trinajstić information content (AvgIpc) is 2.23. The standard InChI is InChI=1S/C10H7F3O4/c1-17-10-8(12)4(2-5(11)9(10)13)6(14)3-7(15)16/h2-3,14H,1H3,(H,15,16)/b6-3+. The van der Waals surface area contributed by atoms with Gasteiger partial charge >= 0.3 is 5.97 Å². The molecule has 0 aliphatic heterocycles. The van der Waals surface area contributed by atoms with Crippen LogP contribution in [0.2, 0.25) is 0 Å². The minimum atomic E-state index is -1.56. The van der Waals surface area contributed by atoms with Crippen LogP contribution in [0, 0.1) is 17.5 Å². The van der Waals surface area contributed by atoms with Crippen LogP contribution in [-0.4, -0.2) is 23.3 Å². The first kappa shape index (κ1) is 12.9. The molecule has 0 unspecified atom stereocenters. The Morgan fingerprint density at radius 2 is 1.88 bits per heavy atom. The lowest BCUT2D eigenvalue weighted by Crippen LogP contribution is -2.02. The first-order valence-electron chi connectivity index (χ1n) is 4.24. The molecule has 0 fully saturated rings. The number of rotatable bonds is 3. The highest BCUT2D eigenvalue weighted by atomic mass is 19.2. The van der Waals surface area contributed by atoms with Crippen molar-refractivity contribution in [2.24, 2.45) is 0 Å². The van der Waals surface area contributed by atoms with Gasteiger partial charge in [-0.05, 0) is 6.07 Å². The van der Waals surface area contributed by atoms with E-state index in [9.17, 15) is 23.1 Å². The van der Waals surface area contributed by atoms with E-state index in [0.29, 0.717) is 6.07 Å². The summed E-state index contributed by atoms with van der Waals surface area (Å²) in [7, 11) is 0.905. The van der Waals surface area contributed by atoms with Gasteiger partial charge in [0.25, 0.3) is 0 Å². The molecular weight excluding hydrogens is 241 g/mol. The van der Waals surface area contributed by atoms with Crippen molar-refractivity contribution >= 4 is 11.7 Å². The lowest BCUT2D eigenvalue weighted by Gasteiger charge is -2.08. The number of benzene rings is 1. The second-order valence-corrected chi connectivity index (χ2v) is 2.93. The highest BCUT2D eigenvalue weighted by Crippen LogP contribution is 2.29. The number of aliphatic hydroxyl groups excluding tert-OH is 1. The quantitative estimate of drug-likeness (QED) is 0.488. The van der Waals surface area contributed by atoms with E-state index in [2.05, 4.69) is 4.74 Å². The number of aliphatic hydroxyl groups is 1. The second-order valence-electron chi connectivity index (χ2n) is 2.93. The van der Waals surface area contributed by atoms with Gasteiger partial charge in [-0.1, -0.05) is 0 Å². The molecule has 0 aromatic heterocycles. The number of hydrogen-bond acceptors (Lipinski definition) is 3. The molecule has 92 valence electrons. The minimum Gasteiger partial charge on any atom is -0.507 e. The van der Waals surface area contributed by atoms with E-state index in [-0.39, 0.29) is 6.08 Å². The molecule has 4 nitrogen and oxygen atoms in total. The maximum absolute atomic E-state index is 13.5. The molecule has 0 saturated heterocycles. The molecule has 0 bridgehead atoms. The van der Waals surface area contributed by atoms with Gasteiger partial charge in [-0.25, -0.2) is 13.6 Å². The lowest BCUT2D eigenvalue weighted by atomic mass is 10.1. The van der Waals surface area contributed by atoms with Gasteiger partial charge in [-0.15, -0.1) is 0 Å². The summed E-state index contributed by atoms with van der Waals surface area (Å²) in [4.78, 5) is 10.2. The van der Waals surface area contributed by atoms with Gasteiger partial charge < -0.3 is 14.9 Å². The van der Waals surface area contributed by atoms with E-state index in [4.69, 9.17) is 5.11 Å². The third-order valence-corrected chi connectivity index (χ3v) is 1.86. The molecular formula is C10H7F3O4.